The lowest BCUT2D eigenvalue weighted by Crippen LogP contribution is -2.27. The number of H-pyrrole nitrogens is 1. The first-order valence-corrected chi connectivity index (χ1v) is 8.10. The topological polar surface area (TPSA) is 52.5 Å². The van der Waals surface area contributed by atoms with Gasteiger partial charge in [0.25, 0.3) is 0 Å². The molecule has 2 atom stereocenters. The predicted octanol–water partition coefficient (Wildman–Crippen LogP) is 1.28. The van der Waals surface area contributed by atoms with Crippen LogP contribution < -0.4 is 16.0 Å². The lowest BCUT2D eigenvalue weighted by atomic mass is 10.2. The van der Waals surface area contributed by atoms with Crippen LogP contribution in [0.5, 0.6) is 0 Å². The van der Waals surface area contributed by atoms with Crippen molar-refractivity contribution < 1.29 is 0 Å². The molecule has 2 unspecified atom stereocenters. The van der Waals surface area contributed by atoms with Crippen molar-refractivity contribution in [2.45, 2.75) is 12.1 Å². The van der Waals surface area contributed by atoms with Crippen LogP contribution in [0, 0.1) is 0 Å². The third-order valence-electron chi connectivity index (χ3n) is 4.32. The number of hydrogen-bond acceptors (Lipinski definition) is 3. The molecule has 8 bridgehead atoms. The van der Waals surface area contributed by atoms with E-state index < -0.39 is 0 Å². The van der Waals surface area contributed by atoms with Crippen molar-refractivity contribution in [2.75, 3.05) is 0 Å². The fraction of sp³-hybridized carbons (Fsp3) is 0.100. The molecule has 116 valence electrons. The predicted molar refractivity (Wildman–Crippen MR) is 98.1 cm³/mol. The number of fused-ring (bicyclic) bond motifs is 6. The summed E-state index contributed by atoms with van der Waals surface area (Å²) in [6, 6.07) is 4.51. The SMILES string of the molecule is C1=CC2=NC1=CC1C=CC(/C=C3/C=CC(=N3)C=c3ccc([nH]3)=C2)N1. The molecule has 4 aliphatic rings. The van der Waals surface area contributed by atoms with E-state index in [1.165, 1.54) is 0 Å². The zero-order valence-corrected chi connectivity index (χ0v) is 13.0. The number of nitrogens with zero attached hydrogens (tertiary/aromatic N) is 2. The molecule has 4 nitrogen and oxygen atoms in total. The molecule has 0 aliphatic carbocycles. The van der Waals surface area contributed by atoms with Gasteiger partial charge in [-0.25, -0.2) is 9.98 Å². The summed E-state index contributed by atoms with van der Waals surface area (Å²) in [5.74, 6) is 0. The quantitative estimate of drug-likeness (QED) is 0.697. The van der Waals surface area contributed by atoms with Crippen LogP contribution in [0.15, 0.2) is 82.1 Å². The van der Waals surface area contributed by atoms with Gasteiger partial charge in [-0.1, -0.05) is 12.2 Å². The normalized spacial score (nSPS) is 28.7. The first-order valence-electron chi connectivity index (χ1n) is 8.10. The number of hydrogen-bond donors (Lipinski definition) is 2. The number of aliphatic imine (C=N–C) groups is 2. The first-order chi connectivity index (χ1) is 11.8. The number of allylic oxidation sites excluding steroid dienone is 4. The molecule has 4 aliphatic heterocycles. The second kappa shape index (κ2) is 5.28. The summed E-state index contributed by atoms with van der Waals surface area (Å²) in [4.78, 5) is 12.7. The van der Waals surface area contributed by atoms with E-state index in [1.54, 1.807) is 0 Å². The Morgan fingerprint density at radius 2 is 1.25 bits per heavy atom. The van der Waals surface area contributed by atoms with Gasteiger partial charge in [-0.15, -0.1) is 0 Å². The van der Waals surface area contributed by atoms with E-state index in [-0.39, 0.29) is 12.1 Å². The van der Waals surface area contributed by atoms with Crippen LogP contribution in [-0.2, 0) is 0 Å². The number of nitrogens with one attached hydrogen (secondary N) is 2. The van der Waals surface area contributed by atoms with E-state index in [9.17, 15) is 0 Å². The highest BCUT2D eigenvalue weighted by Crippen LogP contribution is 2.16. The molecule has 2 N–H and O–H groups in total. The average Bonchev–Trinajstić information content (AvgIpc) is 3.32. The third-order valence-corrected chi connectivity index (χ3v) is 4.32. The van der Waals surface area contributed by atoms with E-state index in [0.717, 1.165) is 33.5 Å². The van der Waals surface area contributed by atoms with Gasteiger partial charge in [0.2, 0.25) is 0 Å². The van der Waals surface area contributed by atoms with Crippen molar-refractivity contribution in [2.24, 2.45) is 9.98 Å². The monoisotopic (exact) mass is 312 g/mol. The molecule has 5 heterocycles. The molecule has 0 spiro atoms. The molecule has 0 fully saturated rings. The molecule has 1 aromatic heterocycles. The summed E-state index contributed by atoms with van der Waals surface area (Å²) in [6.45, 7) is 0. The highest BCUT2D eigenvalue weighted by Gasteiger charge is 2.16. The minimum atomic E-state index is 0.194. The van der Waals surface area contributed by atoms with Gasteiger partial charge in [0.1, 0.15) is 0 Å². The van der Waals surface area contributed by atoms with Crippen LogP contribution in [0.4, 0.5) is 0 Å². The summed E-state index contributed by atoms with van der Waals surface area (Å²) < 4.78 is 0. The summed E-state index contributed by atoms with van der Waals surface area (Å²) >= 11 is 0. The Labute approximate surface area is 139 Å². The van der Waals surface area contributed by atoms with Gasteiger partial charge in [-0.3, -0.25) is 5.32 Å². The van der Waals surface area contributed by atoms with E-state index in [1.807, 2.05) is 12.2 Å². The van der Waals surface area contributed by atoms with E-state index in [2.05, 4.69) is 81.0 Å². The smallest absolute Gasteiger partial charge is 0.0658 e. The Morgan fingerprint density at radius 1 is 0.708 bits per heavy atom. The van der Waals surface area contributed by atoms with Crippen LogP contribution in [0.2, 0.25) is 0 Å². The van der Waals surface area contributed by atoms with E-state index in [4.69, 9.17) is 0 Å². The van der Waals surface area contributed by atoms with Gasteiger partial charge in [-0.05, 0) is 60.7 Å². The van der Waals surface area contributed by atoms with Crippen LogP contribution in [0.3, 0.4) is 0 Å². The summed E-state index contributed by atoms with van der Waals surface area (Å²) in [6.07, 6.45) is 20.9. The second-order valence-corrected chi connectivity index (χ2v) is 6.18. The number of rotatable bonds is 0. The zero-order chi connectivity index (χ0) is 15.9. The van der Waals surface area contributed by atoms with Gasteiger partial charge in [0, 0.05) is 22.8 Å². The minimum absolute atomic E-state index is 0.194. The Morgan fingerprint density at radius 3 is 1.79 bits per heavy atom. The first kappa shape index (κ1) is 13.5. The number of aromatic nitrogens is 1. The zero-order valence-electron chi connectivity index (χ0n) is 13.0. The average molecular weight is 312 g/mol. The maximum Gasteiger partial charge on any atom is 0.0658 e. The Hall–Kier alpha value is -2.98. The van der Waals surface area contributed by atoms with Crippen molar-refractivity contribution >= 4 is 23.6 Å². The molecule has 5 rings (SSSR count). The van der Waals surface area contributed by atoms with Crippen molar-refractivity contribution in [1.82, 2.24) is 10.3 Å². The Balaban J connectivity index is 1.65. The molecule has 0 saturated heterocycles. The minimum Gasteiger partial charge on any atom is -0.355 e. The fourth-order valence-corrected chi connectivity index (χ4v) is 3.20. The van der Waals surface area contributed by atoms with Crippen LogP contribution in [0.1, 0.15) is 0 Å². The summed E-state index contributed by atoms with van der Waals surface area (Å²) in [7, 11) is 0. The maximum absolute atomic E-state index is 4.66. The van der Waals surface area contributed by atoms with E-state index >= 15 is 0 Å². The molecule has 0 saturated carbocycles. The molecule has 0 radical (unpaired) electrons. The second-order valence-electron chi connectivity index (χ2n) is 6.18. The van der Waals surface area contributed by atoms with Crippen LogP contribution in [-0.4, -0.2) is 28.5 Å². The van der Waals surface area contributed by atoms with E-state index in [0.29, 0.717) is 0 Å². The molecule has 4 heteroatoms. The van der Waals surface area contributed by atoms with Crippen molar-refractivity contribution in [3.63, 3.8) is 0 Å². The van der Waals surface area contributed by atoms with Crippen molar-refractivity contribution in [3.05, 3.63) is 82.8 Å². The van der Waals surface area contributed by atoms with Crippen LogP contribution in [0.25, 0.3) is 12.2 Å². The highest BCUT2D eigenvalue weighted by molar-refractivity contribution is 6.20. The lowest BCUT2D eigenvalue weighted by molar-refractivity contribution is 0.699. The Kier molecular flexibility index (Phi) is 2.96. The molecule has 0 amide bonds. The van der Waals surface area contributed by atoms with Gasteiger partial charge in [-0.2, -0.15) is 0 Å². The molecule has 0 aromatic carbocycles. The fourth-order valence-electron chi connectivity index (χ4n) is 3.20. The van der Waals surface area contributed by atoms with Crippen molar-refractivity contribution in [3.8, 4) is 0 Å². The van der Waals surface area contributed by atoms with Gasteiger partial charge in [0.05, 0.1) is 22.8 Å². The van der Waals surface area contributed by atoms with Gasteiger partial charge < -0.3 is 4.98 Å². The van der Waals surface area contributed by atoms with Crippen LogP contribution >= 0.6 is 0 Å². The lowest BCUT2D eigenvalue weighted by Gasteiger charge is -2.08. The summed E-state index contributed by atoms with van der Waals surface area (Å²) in [5.41, 5.74) is 3.90. The molecular formula is C20H16N4. The maximum atomic E-state index is 4.66. The third kappa shape index (κ3) is 2.57. The Bertz CT molecular complexity index is 957. The van der Waals surface area contributed by atoms with Gasteiger partial charge in [0.15, 0.2) is 0 Å². The largest absolute Gasteiger partial charge is 0.355 e. The molecule has 1 aromatic rings. The van der Waals surface area contributed by atoms with Crippen molar-refractivity contribution in [1.29, 1.82) is 0 Å². The van der Waals surface area contributed by atoms with Gasteiger partial charge >= 0.3 is 0 Å². The highest BCUT2D eigenvalue weighted by atomic mass is 15.0. The summed E-state index contributed by atoms with van der Waals surface area (Å²) in [5, 5.41) is 5.62. The molecular weight excluding hydrogens is 296 g/mol. The molecule has 24 heavy (non-hydrogen) atoms. The standard InChI is InChI=1S/C20H16N4/c1-2-14-10-16-5-6-18(23-16)12-20-8-7-19(24-20)11-17-4-3-15(22-17)9-13(1)21-14/h1-14,21,24H/b15-9-,16-10?,19-11?,20-12?. The number of aromatic amines is 1.